The van der Waals surface area contributed by atoms with E-state index in [0.29, 0.717) is 12.2 Å². The van der Waals surface area contributed by atoms with E-state index in [0.717, 1.165) is 37.6 Å². The summed E-state index contributed by atoms with van der Waals surface area (Å²) < 4.78 is 18.4. The van der Waals surface area contributed by atoms with Gasteiger partial charge in [-0.3, -0.25) is 4.90 Å². The quantitative estimate of drug-likeness (QED) is 0.769. The van der Waals surface area contributed by atoms with Gasteiger partial charge in [0.15, 0.2) is 0 Å². The molecular weight excluding hydrogens is 333 g/mol. The van der Waals surface area contributed by atoms with Crippen LogP contribution in [0.3, 0.4) is 0 Å². The van der Waals surface area contributed by atoms with Gasteiger partial charge in [0.25, 0.3) is 0 Å². The predicted molar refractivity (Wildman–Crippen MR) is 98.8 cm³/mol. The Balaban J connectivity index is 1.59. The predicted octanol–water partition coefficient (Wildman–Crippen LogP) is 3.28. The number of carbonyl (C=O) groups excluding carboxylic acids is 1. The smallest absolute Gasteiger partial charge is 0.339 e. The first-order chi connectivity index (χ1) is 12.6. The fraction of sp³-hybridized carbons (Fsp3) is 0.400. The van der Waals surface area contributed by atoms with Crippen LogP contribution in [0.5, 0.6) is 0 Å². The van der Waals surface area contributed by atoms with Crippen molar-refractivity contribution in [2.75, 3.05) is 37.7 Å². The van der Waals surface area contributed by atoms with E-state index in [1.54, 1.807) is 31.3 Å². The van der Waals surface area contributed by atoms with Gasteiger partial charge >= 0.3 is 5.97 Å². The van der Waals surface area contributed by atoms with Crippen molar-refractivity contribution >= 4 is 11.8 Å². The molecule has 26 heavy (non-hydrogen) atoms. The zero-order chi connectivity index (χ0) is 18.5. The first kappa shape index (κ1) is 18.3. The number of pyridine rings is 1. The van der Waals surface area contributed by atoms with Crippen molar-refractivity contribution in [2.24, 2.45) is 0 Å². The van der Waals surface area contributed by atoms with Crippen LogP contribution in [0.4, 0.5) is 10.2 Å². The highest BCUT2D eigenvalue weighted by atomic mass is 19.1. The third kappa shape index (κ3) is 4.19. The number of rotatable bonds is 5. The monoisotopic (exact) mass is 357 g/mol. The maximum absolute atomic E-state index is 13.4. The minimum Gasteiger partial charge on any atom is -0.462 e. The van der Waals surface area contributed by atoms with E-state index in [2.05, 4.69) is 21.7 Å². The van der Waals surface area contributed by atoms with Gasteiger partial charge in [-0.25, -0.2) is 14.2 Å². The van der Waals surface area contributed by atoms with Crippen molar-refractivity contribution in [1.29, 1.82) is 0 Å². The lowest BCUT2D eigenvalue weighted by Crippen LogP contribution is -2.47. The molecule has 0 aliphatic carbocycles. The Kier molecular flexibility index (Phi) is 5.83. The van der Waals surface area contributed by atoms with Crippen LogP contribution >= 0.6 is 0 Å². The van der Waals surface area contributed by atoms with Gasteiger partial charge in [0.2, 0.25) is 0 Å². The van der Waals surface area contributed by atoms with E-state index in [9.17, 15) is 9.18 Å². The Morgan fingerprint density at radius 3 is 2.62 bits per heavy atom. The SMILES string of the molecule is CCOC(=O)c1ccc(N2CCN(C(C)c3cccc(F)c3)CC2)nc1. The highest BCUT2D eigenvalue weighted by molar-refractivity contribution is 5.89. The molecule has 1 aliphatic heterocycles. The number of piperazine rings is 1. The molecule has 1 fully saturated rings. The van der Waals surface area contributed by atoms with Crippen molar-refractivity contribution < 1.29 is 13.9 Å². The van der Waals surface area contributed by atoms with Crippen LogP contribution in [0.2, 0.25) is 0 Å². The number of nitrogens with zero attached hydrogens (tertiary/aromatic N) is 3. The van der Waals surface area contributed by atoms with E-state index < -0.39 is 0 Å². The molecular formula is C20H24FN3O2. The average Bonchev–Trinajstić information content (AvgIpc) is 2.68. The highest BCUT2D eigenvalue weighted by Crippen LogP contribution is 2.23. The van der Waals surface area contributed by atoms with Crippen LogP contribution in [0.15, 0.2) is 42.6 Å². The van der Waals surface area contributed by atoms with Crippen LogP contribution in [-0.4, -0.2) is 48.6 Å². The Bertz CT molecular complexity index is 743. The summed E-state index contributed by atoms with van der Waals surface area (Å²) in [7, 11) is 0. The molecule has 1 aromatic carbocycles. The summed E-state index contributed by atoms with van der Waals surface area (Å²) in [6, 6.07) is 10.6. The first-order valence-corrected chi connectivity index (χ1v) is 8.96. The van der Waals surface area contributed by atoms with Crippen LogP contribution < -0.4 is 4.90 Å². The van der Waals surface area contributed by atoms with Gasteiger partial charge in [-0.15, -0.1) is 0 Å². The van der Waals surface area contributed by atoms with Crippen LogP contribution in [0.25, 0.3) is 0 Å². The molecule has 2 aromatic rings. The van der Waals surface area contributed by atoms with Crippen molar-refractivity contribution in [1.82, 2.24) is 9.88 Å². The molecule has 0 N–H and O–H groups in total. The second-order valence-corrected chi connectivity index (χ2v) is 6.38. The number of halogens is 1. The molecule has 1 aromatic heterocycles. The largest absolute Gasteiger partial charge is 0.462 e. The maximum atomic E-state index is 13.4. The number of anilines is 1. The molecule has 2 heterocycles. The van der Waals surface area contributed by atoms with Crippen LogP contribution in [0, 0.1) is 5.82 Å². The zero-order valence-corrected chi connectivity index (χ0v) is 15.2. The van der Waals surface area contributed by atoms with E-state index in [4.69, 9.17) is 4.74 Å². The van der Waals surface area contributed by atoms with Gasteiger partial charge in [-0.05, 0) is 43.7 Å². The summed E-state index contributed by atoms with van der Waals surface area (Å²) in [6.07, 6.45) is 1.56. The highest BCUT2D eigenvalue weighted by Gasteiger charge is 2.23. The van der Waals surface area contributed by atoms with E-state index >= 15 is 0 Å². The van der Waals surface area contributed by atoms with Crippen molar-refractivity contribution in [3.63, 3.8) is 0 Å². The molecule has 1 unspecified atom stereocenters. The molecule has 138 valence electrons. The molecule has 5 nitrogen and oxygen atoms in total. The molecule has 0 spiro atoms. The minimum absolute atomic E-state index is 0.173. The van der Waals surface area contributed by atoms with Gasteiger partial charge in [0, 0.05) is 38.4 Å². The second-order valence-electron chi connectivity index (χ2n) is 6.38. The maximum Gasteiger partial charge on any atom is 0.339 e. The number of aromatic nitrogens is 1. The minimum atomic E-state index is -0.347. The summed E-state index contributed by atoms with van der Waals surface area (Å²) in [5.74, 6) is 0.315. The number of hydrogen-bond donors (Lipinski definition) is 0. The van der Waals surface area contributed by atoms with Crippen molar-refractivity contribution in [3.05, 3.63) is 59.5 Å². The molecule has 0 radical (unpaired) electrons. The van der Waals surface area contributed by atoms with E-state index in [1.807, 2.05) is 12.1 Å². The molecule has 6 heteroatoms. The van der Waals surface area contributed by atoms with Crippen LogP contribution in [-0.2, 0) is 4.74 Å². The Morgan fingerprint density at radius 1 is 1.23 bits per heavy atom. The molecule has 0 bridgehead atoms. The molecule has 1 atom stereocenters. The van der Waals surface area contributed by atoms with Crippen molar-refractivity contribution in [3.8, 4) is 0 Å². The number of hydrogen-bond acceptors (Lipinski definition) is 5. The molecule has 1 aliphatic rings. The Labute approximate surface area is 153 Å². The lowest BCUT2D eigenvalue weighted by Gasteiger charge is -2.38. The molecule has 0 saturated carbocycles. The third-order valence-corrected chi connectivity index (χ3v) is 4.78. The Morgan fingerprint density at radius 2 is 2.00 bits per heavy atom. The van der Waals surface area contributed by atoms with E-state index in [-0.39, 0.29) is 17.8 Å². The molecule has 0 amide bonds. The van der Waals surface area contributed by atoms with Gasteiger partial charge in [-0.2, -0.15) is 0 Å². The number of esters is 1. The zero-order valence-electron chi connectivity index (χ0n) is 15.2. The van der Waals surface area contributed by atoms with Gasteiger partial charge in [0.1, 0.15) is 11.6 Å². The van der Waals surface area contributed by atoms with E-state index in [1.165, 1.54) is 6.07 Å². The summed E-state index contributed by atoms with van der Waals surface area (Å²) in [5, 5.41) is 0. The molecule has 1 saturated heterocycles. The van der Waals surface area contributed by atoms with Gasteiger partial charge < -0.3 is 9.64 Å². The number of benzene rings is 1. The fourth-order valence-corrected chi connectivity index (χ4v) is 3.22. The first-order valence-electron chi connectivity index (χ1n) is 8.96. The Hall–Kier alpha value is -2.47. The summed E-state index contributed by atoms with van der Waals surface area (Å²) in [4.78, 5) is 20.6. The second kappa shape index (κ2) is 8.27. The van der Waals surface area contributed by atoms with Crippen molar-refractivity contribution in [2.45, 2.75) is 19.9 Å². The topological polar surface area (TPSA) is 45.7 Å². The summed E-state index contributed by atoms with van der Waals surface area (Å²) in [5.41, 5.74) is 1.46. The van der Waals surface area contributed by atoms with Crippen LogP contribution in [0.1, 0.15) is 35.8 Å². The summed E-state index contributed by atoms with van der Waals surface area (Å²) >= 11 is 0. The number of ether oxygens (including phenoxy) is 1. The normalized spacial score (nSPS) is 16.3. The average molecular weight is 357 g/mol. The third-order valence-electron chi connectivity index (χ3n) is 4.78. The lowest BCUT2D eigenvalue weighted by atomic mass is 10.1. The standard InChI is InChI=1S/C20H24FN3O2/c1-3-26-20(25)17-7-8-19(22-14-17)24-11-9-23(10-12-24)15(2)16-5-4-6-18(21)13-16/h4-8,13-15H,3,9-12H2,1-2H3. The fourth-order valence-electron chi connectivity index (χ4n) is 3.22. The number of carbonyl (C=O) groups is 1. The summed E-state index contributed by atoms with van der Waals surface area (Å²) in [6.45, 7) is 7.67. The molecule has 3 rings (SSSR count). The lowest BCUT2D eigenvalue weighted by molar-refractivity contribution is 0.0526. The van der Waals surface area contributed by atoms with Gasteiger partial charge in [0.05, 0.1) is 12.2 Å². The van der Waals surface area contributed by atoms with Gasteiger partial charge in [-0.1, -0.05) is 12.1 Å².